The fourth-order valence-corrected chi connectivity index (χ4v) is 4.83. The van der Waals surface area contributed by atoms with Crippen LogP contribution in [0.4, 0.5) is 0 Å². The minimum absolute atomic E-state index is 0.681. The first-order valence-corrected chi connectivity index (χ1v) is 7.83. The molecule has 0 bridgehead atoms. The van der Waals surface area contributed by atoms with Gasteiger partial charge in [0.2, 0.25) is 0 Å². The molecule has 0 aromatic heterocycles. The third kappa shape index (κ3) is 3.17. The SMILES string of the molecule is CO[Si](CCC(C)C)(OC)c1ccccc1. The summed E-state index contributed by atoms with van der Waals surface area (Å²) in [5.41, 5.74) is 0. The summed E-state index contributed by atoms with van der Waals surface area (Å²) >= 11 is 0. The number of benzene rings is 1. The normalized spacial score (nSPS) is 12.1. The second-order valence-electron chi connectivity index (χ2n) is 4.46. The standard InChI is InChI=1S/C13H22O2Si/c1-12(2)10-11-16(14-3,15-4)13-8-6-5-7-9-13/h5-9,12H,10-11H2,1-4H3. The Hall–Kier alpha value is -0.643. The molecule has 1 rings (SSSR count). The molecule has 0 saturated carbocycles. The van der Waals surface area contributed by atoms with Crippen LogP contribution in [0.3, 0.4) is 0 Å². The van der Waals surface area contributed by atoms with Crippen molar-refractivity contribution in [1.82, 2.24) is 0 Å². The molecule has 0 fully saturated rings. The van der Waals surface area contributed by atoms with Gasteiger partial charge in [0.25, 0.3) is 0 Å². The van der Waals surface area contributed by atoms with Crippen molar-refractivity contribution in [2.45, 2.75) is 26.3 Å². The fraction of sp³-hybridized carbons (Fsp3) is 0.538. The van der Waals surface area contributed by atoms with Crippen molar-refractivity contribution in [2.24, 2.45) is 5.92 Å². The molecule has 0 radical (unpaired) electrons. The molecule has 0 unspecified atom stereocenters. The minimum Gasteiger partial charge on any atom is -0.394 e. The van der Waals surface area contributed by atoms with Gasteiger partial charge in [-0.05, 0) is 23.6 Å². The van der Waals surface area contributed by atoms with Crippen molar-refractivity contribution < 1.29 is 8.85 Å². The van der Waals surface area contributed by atoms with Gasteiger partial charge in [-0.2, -0.15) is 0 Å². The highest BCUT2D eigenvalue weighted by Crippen LogP contribution is 2.18. The molecule has 0 amide bonds. The van der Waals surface area contributed by atoms with Crippen LogP contribution in [0.15, 0.2) is 30.3 Å². The number of rotatable bonds is 6. The minimum atomic E-state index is -2.18. The highest BCUT2D eigenvalue weighted by molar-refractivity contribution is 6.81. The second-order valence-corrected chi connectivity index (χ2v) is 7.86. The van der Waals surface area contributed by atoms with Crippen LogP contribution in [0.2, 0.25) is 6.04 Å². The fourth-order valence-electron chi connectivity index (χ4n) is 1.84. The first-order valence-electron chi connectivity index (χ1n) is 5.80. The van der Waals surface area contributed by atoms with E-state index in [1.807, 2.05) is 18.2 Å². The van der Waals surface area contributed by atoms with Gasteiger partial charge in [-0.15, -0.1) is 0 Å². The summed E-state index contributed by atoms with van der Waals surface area (Å²) in [6, 6.07) is 11.4. The van der Waals surface area contributed by atoms with E-state index < -0.39 is 8.56 Å². The average Bonchev–Trinajstić information content (AvgIpc) is 2.32. The quantitative estimate of drug-likeness (QED) is 0.709. The molecule has 90 valence electrons. The summed E-state index contributed by atoms with van der Waals surface area (Å²) in [4.78, 5) is 0. The van der Waals surface area contributed by atoms with Crippen LogP contribution in [0.25, 0.3) is 0 Å². The summed E-state index contributed by atoms with van der Waals surface area (Å²) in [7, 11) is 1.35. The lowest BCUT2D eigenvalue weighted by Gasteiger charge is -2.28. The first kappa shape index (κ1) is 13.4. The van der Waals surface area contributed by atoms with E-state index in [1.54, 1.807) is 14.2 Å². The summed E-state index contributed by atoms with van der Waals surface area (Å²) < 4.78 is 11.5. The zero-order valence-corrected chi connectivity index (χ0v) is 11.7. The van der Waals surface area contributed by atoms with Gasteiger partial charge >= 0.3 is 8.56 Å². The Morgan fingerprint density at radius 3 is 2.06 bits per heavy atom. The molecule has 0 heterocycles. The smallest absolute Gasteiger partial charge is 0.372 e. The Kier molecular flexibility index (Phi) is 5.18. The molecule has 0 aliphatic rings. The van der Waals surface area contributed by atoms with E-state index in [4.69, 9.17) is 8.85 Å². The zero-order valence-electron chi connectivity index (χ0n) is 10.7. The Morgan fingerprint density at radius 1 is 1.06 bits per heavy atom. The Balaban J connectivity index is 2.87. The molecule has 3 heteroatoms. The van der Waals surface area contributed by atoms with Gasteiger partial charge in [0, 0.05) is 14.2 Å². The van der Waals surface area contributed by atoms with E-state index >= 15 is 0 Å². The lowest BCUT2D eigenvalue weighted by atomic mass is 10.2. The van der Waals surface area contributed by atoms with E-state index in [0.717, 1.165) is 12.5 Å². The lowest BCUT2D eigenvalue weighted by molar-refractivity contribution is 0.254. The van der Waals surface area contributed by atoms with Crippen LogP contribution in [0.1, 0.15) is 20.3 Å². The van der Waals surface area contributed by atoms with Gasteiger partial charge in [0.05, 0.1) is 0 Å². The van der Waals surface area contributed by atoms with Crippen LogP contribution in [-0.4, -0.2) is 22.8 Å². The number of hydrogen-bond acceptors (Lipinski definition) is 2. The molecule has 0 aliphatic carbocycles. The predicted octanol–water partition coefficient (Wildman–Crippen LogP) is 2.67. The highest BCUT2D eigenvalue weighted by Gasteiger charge is 2.37. The average molecular weight is 238 g/mol. The molecule has 0 spiro atoms. The molecule has 1 aromatic rings. The molecule has 0 atom stereocenters. The van der Waals surface area contributed by atoms with Gasteiger partial charge in [0.1, 0.15) is 0 Å². The van der Waals surface area contributed by atoms with Crippen molar-refractivity contribution in [3.8, 4) is 0 Å². The molecule has 2 nitrogen and oxygen atoms in total. The Labute approximate surface area is 99.8 Å². The van der Waals surface area contributed by atoms with Crippen molar-refractivity contribution >= 4 is 13.7 Å². The van der Waals surface area contributed by atoms with Gasteiger partial charge in [-0.3, -0.25) is 0 Å². The molecule has 0 saturated heterocycles. The predicted molar refractivity (Wildman–Crippen MR) is 70.1 cm³/mol. The van der Waals surface area contributed by atoms with Crippen molar-refractivity contribution in [3.05, 3.63) is 30.3 Å². The lowest BCUT2D eigenvalue weighted by Crippen LogP contribution is -2.52. The van der Waals surface area contributed by atoms with Gasteiger partial charge < -0.3 is 8.85 Å². The second kappa shape index (κ2) is 6.18. The van der Waals surface area contributed by atoms with E-state index in [0.29, 0.717) is 5.92 Å². The maximum Gasteiger partial charge on any atom is 0.372 e. The van der Waals surface area contributed by atoms with Gasteiger partial charge in [-0.25, -0.2) is 0 Å². The third-order valence-corrected chi connectivity index (χ3v) is 6.40. The topological polar surface area (TPSA) is 18.5 Å². The first-order chi connectivity index (χ1) is 7.64. The van der Waals surface area contributed by atoms with E-state index in [1.165, 1.54) is 5.19 Å². The van der Waals surface area contributed by atoms with Crippen LogP contribution < -0.4 is 5.19 Å². The monoisotopic (exact) mass is 238 g/mol. The molecular weight excluding hydrogens is 216 g/mol. The van der Waals surface area contributed by atoms with E-state index in [2.05, 4.69) is 26.0 Å². The molecule has 0 N–H and O–H groups in total. The van der Waals surface area contributed by atoms with Crippen LogP contribution in [-0.2, 0) is 8.85 Å². The van der Waals surface area contributed by atoms with Crippen molar-refractivity contribution in [2.75, 3.05) is 14.2 Å². The largest absolute Gasteiger partial charge is 0.394 e. The van der Waals surface area contributed by atoms with Crippen molar-refractivity contribution in [1.29, 1.82) is 0 Å². The highest BCUT2D eigenvalue weighted by atomic mass is 28.4. The van der Waals surface area contributed by atoms with Crippen molar-refractivity contribution in [3.63, 3.8) is 0 Å². The van der Waals surface area contributed by atoms with Gasteiger partial charge in [-0.1, -0.05) is 44.2 Å². The van der Waals surface area contributed by atoms with Crippen LogP contribution >= 0.6 is 0 Å². The maximum atomic E-state index is 5.74. The summed E-state index contributed by atoms with van der Waals surface area (Å²) in [6.07, 6.45) is 1.14. The van der Waals surface area contributed by atoms with Crippen LogP contribution in [0.5, 0.6) is 0 Å². The third-order valence-electron chi connectivity index (χ3n) is 2.92. The molecular formula is C13H22O2Si. The number of hydrogen-bond donors (Lipinski definition) is 0. The molecule has 0 aliphatic heterocycles. The zero-order chi connectivity index (χ0) is 12.0. The Morgan fingerprint density at radius 2 is 1.62 bits per heavy atom. The Bertz CT molecular complexity index is 294. The maximum absolute atomic E-state index is 5.74. The van der Waals surface area contributed by atoms with E-state index in [-0.39, 0.29) is 0 Å². The molecule has 1 aromatic carbocycles. The summed E-state index contributed by atoms with van der Waals surface area (Å²) in [6.45, 7) is 4.46. The molecule has 16 heavy (non-hydrogen) atoms. The summed E-state index contributed by atoms with van der Waals surface area (Å²) in [5, 5.41) is 1.22. The van der Waals surface area contributed by atoms with Gasteiger partial charge in [0.15, 0.2) is 0 Å². The summed E-state index contributed by atoms with van der Waals surface area (Å²) in [5.74, 6) is 0.681. The van der Waals surface area contributed by atoms with Crippen LogP contribution in [0, 0.1) is 5.92 Å². The van der Waals surface area contributed by atoms with E-state index in [9.17, 15) is 0 Å².